The first-order valence-corrected chi connectivity index (χ1v) is 9.21. The van der Waals surface area contributed by atoms with E-state index in [9.17, 15) is 14.4 Å². The van der Waals surface area contributed by atoms with Gasteiger partial charge in [-0.1, -0.05) is 30.3 Å². The maximum Gasteiger partial charge on any atom is 0.337 e. The third-order valence-corrected chi connectivity index (χ3v) is 4.50. The maximum absolute atomic E-state index is 11.9. The zero-order valence-electron chi connectivity index (χ0n) is 16.1. The lowest BCUT2D eigenvalue weighted by Gasteiger charge is -2.07. The number of ether oxygens (including phenoxy) is 2. The first-order valence-electron chi connectivity index (χ1n) is 9.21. The van der Waals surface area contributed by atoms with Crippen LogP contribution in [0.4, 0.5) is 0 Å². The van der Waals surface area contributed by atoms with Gasteiger partial charge >= 0.3 is 11.9 Å². The molecule has 0 saturated heterocycles. The summed E-state index contributed by atoms with van der Waals surface area (Å²) < 4.78 is 9.68. The number of para-hydroxylation sites is 1. The van der Waals surface area contributed by atoms with Gasteiger partial charge in [-0.05, 0) is 35.7 Å². The van der Waals surface area contributed by atoms with E-state index in [-0.39, 0.29) is 25.5 Å². The van der Waals surface area contributed by atoms with E-state index in [1.165, 1.54) is 7.11 Å². The molecular formula is C22H22N2O5. The molecule has 0 bridgehead atoms. The summed E-state index contributed by atoms with van der Waals surface area (Å²) in [6, 6.07) is 14.6. The minimum atomic E-state index is -0.423. The number of methoxy groups -OCH3 is 1. The van der Waals surface area contributed by atoms with E-state index in [0.29, 0.717) is 12.0 Å². The lowest BCUT2D eigenvalue weighted by Crippen LogP contribution is -2.28. The fraction of sp³-hybridized carbons (Fsp3) is 0.227. The van der Waals surface area contributed by atoms with Crippen LogP contribution in [-0.2, 0) is 32.0 Å². The van der Waals surface area contributed by atoms with E-state index < -0.39 is 11.9 Å². The topological polar surface area (TPSA) is 97.5 Å². The molecule has 3 rings (SSSR count). The van der Waals surface area contributed by atoms with Gasteiger partial charge in [0.25, 0.3) is 5.91 Å². The highest BCUT2D eigenvalue weighted by atomic mass is 16.5. The lowest BCUT2D eigenvalue weighted by atomic mass is 10.1. The zero-order valence-corrected chi connectivity index (χ0v) is 16.1. The second-order valence-electron chi connectivity index (χ2n) is 6.49. The Hall–Kier alpha value is -3.61. The number of aromatic amines is 1. The molecule has 150 valence electrons. The Balaban J connectivity index is 1.38. The number of rotatable bonds is 8. The fourth-order valence-corrected chi connectivity index (χ4v) is 2.92. The van der Waals surface area contributed by atoms with Gasteiger partial charge < -0.3 is 19.8 Å². The van der Waals surface area contributed by atoms with Crippen LogP contribution in [0.1, 0.15) is 27.9 Å². The second-order valence-corrected chi connectivity index (χ2v) is 6.49. The van der Waals surface area contributed by atoms with Gasteiger partial charge in [0, 0.05) is 30.1 Å². The number of carbonyl (C=O) groups is 3. The van der Waals surface area contributed by atoms with Crippen molar-refractivity contribution in [1.82, 2.24) is 10.3 Å². The predicted octanol–water partition coefficient (Wildman–Crippen LogP) is 2.75. The number of hydrogen-bond donors (Lipinski definition) is 2. The summed E-state index contributed by atoms with van der Waals surface area (Å²) >= 11 is 0. The molecule has 0 fully saturated rings. The highest BCUT2D eigenvalue weighted by Crippen LogP contribution is 2.19. The van der Waals surface area contributed by atoms with Gasteiger partial charge in [0.15, 0.2) is 6.61 Å². The summed E-state index contributed by atoms with van der Waals surface area (Å²) in [7, 11) is 1.32. The second kappa shape index (κ2) is 9.54. The third kappa shape index (κ3) is 5.44. The highest BCUT2D eigenvalue weighted by Gasteiger charge is 2.10. The summed E-state index contributed by atoms with van der Waals surface area (Å²) in [5, 5.41) is 3.75. The molecule has 0 aliphatic carbocycles. The standard InChI is InChI=1S/C22H22N2O5/c1-28-22(27)16-8-6-15(7-9-16)12-24-20(25)14-29-21(26)11-10-17-13-23-19-5-3-2-4-18(17)19/h2-9,13,23H,10-12,14H2,1H3,(H,24,25). The predicted molar refractivity (Wildman–Crippen MR) is 107 cm³/mol. The molecule has 7 nitrogen and oxygen atoms in total. The average molecular weight is 394 g/mol. The van der Waals surface area contributed by atoms with Crippen LogP contribution in [0.5, 0.6) is 0 Å². The summed E-state index contributed by atoms with van der Waals surface area (Å²) in [6.45, 7) is -0.0554. The lowest BCUT2D eigenvalue weighted by molar-refractivity contribution is -0.148. The number of benzene rings is 2. The van der Waals surface area contributed by atoms with Crippen molar-refractivity contribution in [3.05, 3.63) is 71.4 Å². The van der Waals surface area contributed by atoms with Crippen LogP contribution >= 0.6 is 0 Å². The molecule has 0 unspecified atom stereocenters. The molecule has 0 radical (unpaired) electrons. The molecule has 1 amide bonds. The number of carbonyl (C=O) groups excluding carboxylic acids is 3. The Morgan fingerprint density at radius 3 is 2.55 bits per heavy atom. The zero-order chi connectivity index (χ0) is 20.6. The van der Waals surface area contributed by atoms with E-state index in [1.54, 1.807) is 24.3 Å². The minimum absolute atomic E-state index is 0.199. The molecule has 0 aliphatic rings. The molecule has 3 aromatic rings. The molecule has 2 aromatic carbocycles. The van der Waals surface area contributed by atoms with Gasteiger partial charge in [0.05, 0.1) is 12.7 Å². The highest BCUT2D eigenvalue weighted by molar-refractivity contribution is 5.89. The van der Waals surface area contributed by atoms with Crippen LogP contribution in [0, 0.1) is 0 Å². The third-order valence-electron chi connectivity index (χ3n) is 4.50. The van der Waals surface area contributed by atoms with Gasteiger partial charge in [-0.15, -0.1) is 0 Å². The van der Waals surface area contributed by atoms with Gasteiger partial charge in [-0.3, -0.25) is 9.59 Å². The fourth-order valence-electron chi connectivity index (χ4n) is 2.92. The van der Waals surface area contributed by atoms with Crippen molar-refractivity contribution in [3.8, 4) is 0 Å². The van der Waals surface area contributed by atoms with Gasteiger partial charge in [0.1, 0.15) is 0 Å². The van der Waals surface area contributed by atoms with Gasteiger partial charge in [0.2, 0.25) is 0 Å². The molecule has 1 aromatic heterocycles. The van der Waals surface area contributed by atoms with Gasteiger partial charge in [-0.25, -0.2) is 4.79 Å². The van der Waals surface area contributed by atoms with Crippen molar-refractivity contribution in [2.24, 2.45) is 0 Å². The first-order chi connectivity index (χ1) is 14.1. The number of nitrogens with one attached hydrogen (secondary N) is 2. The van der Waals surface area contributed by atoms with Crippen LogP contribution in [-0.4, -0.2) is 36.5 Å². The van der Waals surface area contributed by atoms with Crippen molar-refractivity contribution < 1.29 is 23.9 Å². The smallest absolute Gasteiger partial charge is 0.337 e. The molecule has 7 heteroatoms. The summed E-state index contributed by atoms with van der Waals surface area (Å²) in [6.07, 6.45) is 2.62. The van der Waals surface area contributed by atoms with E-state index in [2.05, 4.69) is 15.0 Å². The number of aromatic nitrogens is 1. The van der Waals surface area contributed by atoms with Crippen molar-refractivity contribution in [2.45, 2.75) is 19.4 Å². The number of fused-ring (bicyclic) bond motifs is 1. The summed E-state index contributed by atoms with van der Waals surface area (Å²) in [5.74, 6) is -1.23. The Morgan fingerprint density at radius 2 is 1.79 bits per heavy atom. The largest absolute Gasteiger partial charge is 0.465 e. The molecule has 29 heavy (non-hydrogen) atoms. The Kier molecular flexibility index (Phi) is 6.63. The summed E-state index contributed by atoms with van der Waals surface area (Å²) in [5.41, 5.74) is 3.32. The SMILES string of the molecule is COC(=O)c1ccc(CNC(=O)COC(=O)CCc2c[nH]c3ccccc23)cc1. The Bertz CT molecular complexity index is 1010. The quantitative estimate of drug-likeness (QED) is 0.573. The Labute approximate surface area is 168 Å². The van der Waals surface area contributed by atoms with E-state index >= 15 is 0 Å². The molecule has 0 atom stereocenters. The number of esters is 2. The number of aryl methyl sites for hydroxylation is 1. The van der Waals surface area contributed by atoms with E-state index in [1.807, 2.05) is 30.5 Å². The van der Waals surface area contributed by atoms with Crippen molar-refractivity contribution >= 4 is 28.7 Å². The van der Waals surface area contributed by atoms with Crippen LogP contribution < -0.4 is 5.32 Å². The van der Waals surface area contributed by atoms with Crippen LogP contribution in [0.3, 0.4) is 0 Å². The summed E-state index contributed by atoms with van der Waals surface area (Å²) in [4.78, 5) is 38.4. The molecular weight excluding hydrogens is 372 g/mol. The number of hydrogen-bond acceptors (Lipinski definition) is 5. The van der Waals surface area contributed by atoms with Crippen LogP contribution in [0.25, 0.3) is 10.9 Å². The average Bonchev–Trinajstić information content (AvgIpc) is 3.17. The van der Waals surface area contributed by atoms with Crippen molar-refractivity contribution in [3.63, 3.8) is 0 Å². The maximum atomic E-state index is 11.9. The van der Waals surface area contributed by atoms with E-state index in [0.717, 1.165) is 22.0 Å². The molecule has 2 N–H and O–H groups in total. The molecule has 0 spiro atoms. The van der Waals surface area contributed by atoms with Gasteiger partial charge in [-0.2, -0.15) is 0 Å². The monoisotopic (exact) mass is 394 g/mol. The van der Waals surface area contributed by atoms with Crippen LogP contribution in [0.15, 0.2) is 54.7 Å². The molecule has 0 aliphatic heterocycles. The molecule has 1 heterocycles. The van der Waals surface area contributed by atoms with Crippen molar-refractivity contribution in [2.75, 3.05) is 13.7 Å². The van der Waals surface area contributed by atoms with Crippen LogP contribution in [0.2, 0.25) is 0 Å². The van der Waals surface area contributed by atoms with E-state index in [4.69, 9.17) is 4.74 Å². The minimum Gasteiger partial charge on any atom is -0.465 e. The number of H-pyrrole nitrogens is 1. The number of amides is 1. The first kappa shape index (κ1) is 20.1. The Morgan fingerprint density at radius 1 is 1.03 bits per heavy atom. The molecule has 0 saturated carbocycles. The van der Waals surface area contributed by atoms with Crippen molar-refractivity contribution in [1.29, 1.82) is 0 Å². The normalized spacial score (nSPS) is 10.5.